The summed E-state index contributed by atoms with van der Waals surface area (Å²) in [5, 5.41) is 11.1. The lowest BCUT2D eigenvalue weighted by molar-refractivity contribution is -0.274. The van der Waals surface area contributed by atoms with E-state index in [-0.39, 0.29) is 12.3 Å². The molecule has 5 unspecified atom stereocenters. The number of hydrogen-bond acceptors (Lipinski definition) is 9. The summed E-state index contributed by atoms with van der Waals surface area (Å²) < 4.78 is 17.4. The van der Waals surface area contributed by atoms with Crippen molar-refractivity contribution in [3.8, 4) is 17.2 Å². The van der Waals surface area contributed by atoms with E-state index in [1.54, 1.807) is 31.5 Å². The number of amides is 2. The van der Waals surface area contributed by atoms with E-state index >= 15 is 0 Å². The predicted octanol–water partition coefficient (Wildman–Crippen LogP) is 2.12. The van der Waals surface area contributed by atoms with E-state index in [0.29, 0.717) is 22.8 Å². The molecular weight excluding hydrogens is 480 g/mol. The van der Waals surface area contributed by atoms with Crippen molar-refractivity contribution in [2.75, 3.05) is 33.8 Å². The summed E-state index contributed by atoms with van der Waals surface area (Å²) in [7, 11) is 4.60. The number of thioether (sulfide) groups is 2. The molecule has 11 heteroatoms. The van der Waals surface area contributed by atoms with Crippen molar-refractivity contribution in [2.24, 2.45) is 0 Å². The van der Waals surface area contributed by atoms with Crippen molar-refractivity contribution < 1.29 is 33.7 Å². The van der Waals surface area contributed by atoms with Crippen molar-refractivity contribution in [3.05, 3.63) is 41.5 Å². The van der Waals surface area contributed by atoms with E-state index < -0.39 is 34.0 Å². The number of allylic oxidation sites excluding steroid dienone is 2. The zero-order valence-electron chi connectivity index (χ0n) is 19.4. The molecule has 3 aliphatic heterocycles. The summed E-state index contributed by atoms with van der Waals surface area (Å²) in [6.07, 6.45) is 7.35. The van der Waals surface area contributed by atoms with Crippen molar-refractivity contribution in [1.29, 1.82) is 0 Å². The number of aliphatic hydroxyl groups is 1. The van der Waals surface area contributed by atoms with Crippen LogP contribution in [0.25, 0.3) is 0 Å². The van der Waals surface area contributed by atoms with E-state index in [2.05, 4.69) is 0 Å². The number of nitrogens with zero attached hydrogens (tertiary/aromatic N) is 2. The van der Waals surface area contributed by atoms with Gasteiger partial charge in [-0.25, -0.2) is 0 Å². The second-order valence-electron chi connectivity index (χ2n) is 8.41. The molecule has 0 saturated carbocycles. The van der Waals surface area contributed by atoms with Crippen LogP contribution in [0.3, 0.4) is 0 Å². The maximum absolute atomic E-state index is 14.3. The first-order valence-corrected chi connectivity index (χ1v) is 13.2. The van der Waals surface area contributed by atoms with E-state index in [1.807, 2.05) is 18.4 Å². The molecule has 9 nitrogen and oxygen atoms in total. The fourth-order valence-electron chi connectivity index (χ4n) is 5.20. The zero-order valence-corrected chi connectivity index (χ0v) is 21.1. The Morgan fingerprint density at radius 3 is 2.59 bits per heavy atom. The van der Waals surface area contributed by atoms with Gasteiger partial charge < -0.3 is 19.3 Å². The molecule has 1 aliphatic carbocycles. The molecular formula is C23H26N2O7S2. The van der Waals surface area contributed by atoms with Crippen LogP contribution < -0.4 is 14.2 Å². The maximum Gasteiger partial charge on any atom is 0.315 e. The molecule has 2 saturated heterocycles. The van der Waals surface area contributed by atoms with E-state index in [4.69, 9.17) is 19.0 Å². The fraction of sp³-hybridized carbons (Fsp3) is 0.478. The Balaban J connectivity index is 1.66. The van der Waals surface area contributed by atoms with Crippen molar-refractivity contribution >= 4 is 35.3 Å². The molecule has 0 bridgehead atoms. The third kappa shape index (κ3) is 2.78. The van der Waals surface area contributed by atoms with Gasteiger partial charge in [-0.1, -0.05) is 18.2 Å². The summed E-state index contributed by atoms with van der Waals surface area (Å²) in [6.45, 7) is 0. The summed E-state index contributed by atoms with van der Waals surface area (Å²) >= 11 is 2.63. The molecule has 1 aromatic rings. The Morgan fingerprint density at radius 1 is 1.18 bits per heavy atom. The largest absolute Gasteiger partial charge is 0.493 e. The number of fused-ring (bicyclic) bond motifs is 3. The van der Waals surface area contributed by atoms with Crippen LogP contribution in [0.5, 0.6) is 17.2 Å². The smallest absolute Gasteiger partial charge is 0.315 e. The lowest BCUT2D eigenvalue weighted by Gasteiger charge is -2.57. The Kier molecular flexibility index (Phi) is 5.58. The molecule has 182 valence electrons. The van der Waals surface area contributed by atoms with E-state index in [1.165, 1.54) is 42.6 Å². The number of carbonyl (C=O) groups is 2. The quantitative estimate of drug-likeness (QED) is 0.659. The van der Waals surface area contributed by atoms with Crippen LogP contribution in [0.1, 0.15) is 17.2 Å². The molecule has 4 aliphatic rings. The number of benzene rings is 1. The van der Waals surface area contributed by atoms with E-state index in [0.717, 1.165) is 10.6 Å². The molecule has 3 heterocycles. The molecule has 1 aromatic carbocycles. The van der Waals surface area contributed by atoms with Gasteiger partial charge in [-0.05, 0) is 30.2 Å². The van der Waals surface area contributed by atoms with Gasteiger partial charge in [0.1, 0.15) is 17.5 Å². The summed E-state index contributed by atoms with van der Waals surface area (Å²) in [6, 6.07) is 3.58. The van der Waals surface area contributed by atoms with Gasteiger partial charge >= 0.3 is 5.91 Å². The number of piperazine rings is 1. The number of carbonyl (C=O) groups excluding carboxylic acids is 2. The highest BCUT2D eigenvalue weighted by atomic mass is 32.2. The average molecular weight is 507 g/mol. The van der Waals surface area contributed by atoms with Crippen molar-refractivity contribution in [2.45, 2.75) is 34.5 Å². The molecule has 2 fully saturated rings. The van der Waals surface area contributed by atoms with Crippen LogP contribution in [0, 0.1) is 0 Å². The minimum Gasteiger partial charge on any atom is -0.493 e. The van der Waals surface area contributed by atoms with Gasteiger partial charge in [-0.15, -0.1) is 11.8 Å². The lowest BCUT2D eigenvalue weighted by Crippen LogP contribution is -2.78. The van der Waals surface area contributed by atoms with Crippen LogP contribution in [0.2, 0.25) is 0 Å². The van der Waals surface area contributed by atoms with Crippen LogP contribution in [0.15, 0.2) is 35.9 Å². The number of likely N-dealkylation sites (N-methyl/N-ethyl adjacent to an activating group) is 1. The maximum atomic E-state index is 14.3. The topological polar surface area (TPSA) is 97.8 Å². The molecule has 0 radical (unpaired) electrons. The van der Waals surface area contributed by atoms with Gasteiger partial charge in [0, 0.05) is 19.0 Å². The first-order valence-electron chi connectivity index (χ1n) is 10.7. The fourth-order valence-corrected chi connectivity index (χ4v) is 7.18. The minimum absolute atomic E-state index is 0.235. The van der Waals surface area contributed by atoms with Crippen LogP contribution >= 0.6 is 23.5 Å². The number of aliphatic hydroxyl groups excluding tert-OH is 1. The molecule has 0 aromatic heterocycles. The zero-order chi connectivity index (χ0) is 24.4. The second-order valence-corrected chi connectivity index (χ2v) is 10.4. The SMILES string of the molecule is COc1ccc2c(c1OC)OC1(C(=O)N3OC4C(=CC=CC4O)CC3(SC)C(=O)N1C)C2SC. The van der Waals surface area contributed by atoms with Crippen LogP contribution in [-0.4, -0.2) is 83.5 Å². The number of hydrogen-bond donors (Lipinski definition) is 1. The molecule has 5 rings (SSSR count). The molecule has 2 amide bonds. The van der Waals surface area contributed by atoms with Crippen LogP contribution in [0.4, 0.5) is 0 Å². The highest BCUT2D eigenvalue weighted by Gasteiger charge is 2.71. The Labute approximate surface area is 206 Å². The highest BCUT2D eigenvalue weighted by Crippen LogP contribution is 2.60. The summed E-state index contributed by atoms with van der Waals surface area (Å²) in [5.74, 6) is 0.324. The number of methoxy groups -OCH3 is 2. The third-order valence-corrected chi connectivity index (χ3v) is 9.12. The van der Waals surface area contributed by atoms with Crippen molar-refractivity contribution in [1.82, 2.24) is 9.96 Å². The highest BCUT2D eigenvalue weighted by molar-refractivity contribution is 8.00. The van der Waals surface area contributed by atoms with Gasteiger partial charge in [0.15, 0.2) is 16.4 Å². The second kappa shape index (κ2) is 8.11. The Morgan fingerprint density at radius 2 is 1.94 bits per heavy atom. The minimum atomic E-state index is -1.70. The number of rotatable bonds is 4. The van der Waals surface area contributed by atoms with Gasteiger partial charge in [-0.2, -0.15) is 16.8 Å². The average Bonchev–Trinajstić information content (AvgIpc) is 3.20. The third-order valence-electron chi connectivity index (χ3n) is 6.91. The Bertz CT molecular complexity index is 1120. The predicted molar refractivity (Wildman–Crippen MR) is 128 cm³/mol. The molecule has 1 spiro atoms. The Hall–Kier alpha value is -2.34. The summed E-state index contributed by atoms with van der Waals surface area (Å²) in [4.78, 5) is 34.6. The van der Waals surface area contributed by atoms with Gasteiger partial charge in [0.05, 0.1) is 14.2 Å². The van der Waals surface area contributed by atoms with Crippen molar-refractivity contribution in [3.63, 3.8) is 0 Å². The first-order chi connectivity index (χ1) is 16.3. The summed E-state index contributed by atoms with van der Waals surface area (Å²) in [5.41, 5.74) is -0.225. The normalized spacial score (nSPS) is 33.8. The monoisotopic (exact) mass is 506 g/mol. The first kappa shape index (κ1) is 23.4. The standard InChI is InChI=1S/C23H26N2O7S2/c1-24-20(27)22(34-5)11-12-7-6-8-14(26)16(12)32-25(22)21(28)23(24)19(33-4)13-9-10-15(29-2)18(30-3)17(13)31-23/h6-10,14,16,19,26H,11H2,1-5H3. The van der Waals surface area contributed by atoms with Gasteiger partial charge in [0.25, 0.3) is 11.6 Å². The van der Waals surface area contributed by atoms with Gasteiger partial charge in [0.2, 0.25) is 5.75 Å². The molecule has 1 N–H and O–H groups in total. The molecule has 34 heavy (non-hydrogen) atoms. The van der Waals surface area contributed by atoms with Gasteiger partial charge in [-0.3, -0.25) is 19.3 Å². The van der Waals surface area contributed by atoms with E-state index in [9.17, 15) is 14.7 Å². The number of hydroxylamine groups is 2. The lowest BCUT2D eigenvalue weighted by atomic mass is 9.88. The number of ether oxygens (including phenoxy) is 3. The molecule has 5 atom stereocenters. The van der Waals surface area contributed by atoms with Crippen LogP contribution in [-0.2, 0) is 14.4 Å².